The average molecular weight is 301 g/mol. The summed E-state index contributed by atoms with van der Waals surface area (Å²) in [7, 11) is 1.79. The summed E-state index contributed by atoms with van der Waals surface area (Å²) >= 11 is 0. The molecule has 0 bridgehead atoms. The highest BCUT2D eigenvalue weighted by molar-refractivity contribution is 5.78. The molecule has 0 aliphatic heterocycles. The Hall–Kier alpha value is -2.14. The maximum atomic E-state index is 12.0. The van der Waals surface area contributed by atoms with Crippen molar-refractivity contribution in [1.82, 2.24) is 15.1 Å². The van der Waals surface area contributed by atoms with Crippen LogP contribution in [0.25, 0.3) is 0 Å². The Labute approximate surface area is 131 Å². The summed E-state index contributed by atoms with van der Waals surface area (Å²) in [6.07, 6.45) is 4.65. The molecular formula is C17H23N3O2. The van der Waals surface area contributed by atoms with Gasteiger partial charge >= 0.3 is 0 Å². The van der Waals surface area contributed by atoms with E-state index in [4.69, 9.17) is 0 Å². The van der Waals surface area contributed by atoms with Gasteiger partial charge in [-0.2, -0.15) is 5.10 Å². The second-order valence-corrected chi connectivity index (χ2v) is 5.80. The zero-order valence-electron chi connectivity index (χ0n) is 13.3. The van der Waals surface area contributed by atoms with Crippen molar-refractivity contribution in [3.8, 4) is 0 Å². The largest absolute Gasteiger partial charge is 0.383 e. The van der Waals surface area contributed by atoms with Crippen LogP contribution in [-0.2, 0) is 30.3 Å². The molecule has 0 fully saturated rings. The van der Waals surface area contributed by atoms with Crippen LogP contribution in [0.1, 0.15) is 30.5 Å². The quantitative estimate of drug-likeness (QED) is 0.850. The molecule has 1 atom stereocenters. The van der Waals surface area contributed by atoms with E-state index in [0.717, 1.165) is 12.0 Å². The molecule has 0 radical (unpaired) electrons. The molecule has 118 valence electrons. The average Bonchev–Trinajstić information content (AvgIpc) is 2.94. The number of benzene rings is 1. The highest BCUT2D eigenvalue weighted by Gasteiger charge is 2.25. The van der Waals surface area contributed by atoms with Crippen molar-refractivity contribution in [2.45, 2.75) is 32.3 Å². The first kappa shape index (κ1) is 16.2. The van der Waals surface area contributed by atoms with Gasteiger partial charge in [0, 0.05) is 18.8 Å². The van der Waals surface area contributed by atoms with Gasteiger partial charge in [-0.3, -0.25) is 9.48 Å². The van der Waals surface area contributed by atoms with Gasteiger partial charge in [0.25, 0.3) is 0 Å². The summed E-state index contributed by atoms with van der Waals surface area (Å²) in [5.74, 6) is -0.103. The van der Waals surface area contributed by atoms with Crippen LogP contribution in [0.2, 0.25) is 0 Å². The zero-order valence-corrected chi connectivity index (χ0v) is 13.3. The number of hydrogen-bond acceptors (Lipinski definition) is 3. The maximum absolute atomic E-state index is 12.0. The molecule has 0 aliphatic carbocycles. The minimum atomic E-state index is -1.13. The fraction of sp³-hybridized carbons (Fsp3) is 0.412. The standard InChI is InChI=1S/C17H23N3O2/c1-4-13-5-7-14(8-6-13)9-16(21)18-12-17(2,22)15-10-19-20(3)11-15/h5-8,10-11,22H,4,9,12H2,1-3H3,(H,18,21). The van der Waals surface area contributed by atoms with Crippen LogP contribution in [0, 0.1) is 0 Å². The molecule has 0 saturated heterocycles. The van der Waals surface area contributed by atoms with Gasteiger partial charge in [0.15, 0.2) is 0 Å². The van der Waals surface area contributed by atoms with Gasteiger partial charge in [-0.1, -0.05) is 31.2 Å². The number of hydrogen-bond donors (Lipinski definition) is 2. The summed E-state index contributed by atoms with van der Waals surface area (Å²) in [5, 5.41) is 17.2. The van der Waals surface area contributed by atoms with Crippen molar-refractivity contribution >= 4 is 5.91 Å². The van der Waals surface area contributed by atoms with Crippen molar-refractivity contribution in [2.24, 2.45) is 7.05 Å². The van der Waals surface area contributed by atoms with Gasteiger partial charge < -0.3 is 10.4 Å². The Balaban J connectivity index is 1.89. The Kier molecular flexibility index (Phi) is 4.98. The third kappa shape index (κ3) is 4.18. The fourth-order valence-electron chi connectivity index (χ4n) is 2.21. The van der Waals surface area contributed by atoms with E-state index in [1.165, 1.54) is 5.56 Å². The van der Waals surface area contributed by atoms with Gasteiger partial charge in [-0.15, -0.1) is 0 Å². The van der Waals surface area contributed by atoms with Crippen LogP contribution in [0.3, 0.4) is 0 Å². The predicted molar refractivity (Wildman–Crippen MR) is 85.3 cm³/mol. The van der Waals surface area contributed by atoms with Crippen molar-refractivity contribution in [1.29, 1.82) is 0 Å². The first-order valence-corrected chi connectivity index (χ1v) is 7.46. The number of amides is 1. The minimum absolute atomic E-state index is 0.103. The third-order valence-electron chi connectivity index (χ3n) is 3.75. The molecule has 1 amide bonds. The van der Waals surface area contributed by atoms with E-state index in [2.05, 4.69) is 17.3 Å². The van der Waals surface area contributed by atoms with Gasteiger partial charge in [0.2, 0.25) is 5.91 Å². The Morgan fingerprint density at radius 3 is 2.50 bits per heavy atom. The second kappa shape index (κ2) is 6.75. The molecule has 2 rings (SSSR count). The lowest BCUT2D eigenvalue weighted by molar-refractivity contribution is -0.121. The van der Waals surface area contributed by atoms with Gasteiger partial charge in [0.1, 0.15) is 5.60 Å². The number of aryl methyl sites for hydroxylation is 2. The lowest BCUT2D eigenvalue weighted by Gasteiger charge is -2.22. The van der Waals surface area contributed by atoms with E-state index in [1.807, 2.05) is 24.3 Å². The van der Waals surface area contributed by atoms with Gasteiger partial charge in [-0.25, -0.2) is 0 Å². The van der Waals surface area contributed by atoms with Crippen molar-refractivity contribution in [2.75, 3.05) is 6.54 Å². The molecule has 2 N–H and O–H groups in total. The number of aliphatic hydroxyl groups is 1. The van der Waals surface area contributed by atoms with Crippen LogP contribution in [-0.4, -0.2) is 27.3 Å². The molecule has 0 aliphatic rings. The van der Waals surface area contributed by atoms with Crippen molar-refractivity contribution < 1.29 is 9.90 Å². The summed E-state index contributed by atoms with van der Waals surface area (Å²) in [6, 6.07) is 8.01. The lowest BCUT2D eigenvalue weighted by atomic mass is 9.99. The topological polar surface area (TPSA) is 67.2 Å². The minimum Gasteiger partial charge on any atom is -0.383 e. The first-order valence-electron chi connectivity index (χ1n) is 7.46. The third-order valence-corrected chi connectivity index (χ3v) is 3.75. The van der Waals surface area contributed by atoms with Crippen LogP contribution < -0.4 is 5.32 Å². The summed E-state index contributed by atoms with van der Waals surface area (Å²) in [6.45, 7) is 3.92. The Morgan fingerprint density at radius 1 is 1.32 bits per heavy atom. The predicted octanol–water partition coefficient (Wildman–Crippen LogP) is 1.55. The van der Waals surface area contributed by atoms with E-state index in [9.17, 15) is 9.90 Å². The number of nitrogens with one attached hydrogen (secondary N) is 1. The van der Waals surface area contributed by atoms with Crippen LogP contribution in [0.15, 0.2) is 36.7 Å². The Bertz CT molecular complexity index is 630. The van der Waals surface area contributed by atoms with Crippen molar-refractivity contribution in [3.63, 3.8) is 0 Å². The summed E-state index contributed by atoms with van der Waals surface area (Å²) < 4.78 is 1.63. The van der Waals surface area contributed by atoms with E-state index in [1.54, 1.807) is 31.0 Å². The molecule has 0 saturated carbocycles. The van der Waals surface area contributed by atoms with Crippen LogP contribution >= 0.6 is 0 Å². The van der Waals surface area contributed by atoms with Crippen LogP contribution in [0.4, 0.5) is 0 Å². The number of rotatable bonds is 6. The van der Waals surface area contributed by atoms with Gasteiger partial charge in [0.05, 0.1) is 19.2 Å². The Morgan fingerprint density at radius 2 is 1.95 bits per heavy atom. The number of carbonyl (C=O) groups is 1. The summed E-state index contributed by atoms with van der Waals surface area (Å²) in [4.78, 5) is 12.0. The molecule has 5 heteroatoms. The molecule has 1 aromatic heterocycles. The van der Waals surface area contributed by atoms with Gasteiger partial charge in [-0.05, 0) is 24.5 Å². The second-order valence-electron chi connectivity index (χ2n) is 5.80. The maximum Gasteiger partial charge on any atom is 0.224 e. The number of nitrogens with zero attached hydrogens (tertiary/aromatic N) is 2. The molecule has 1 aromatic carbocycles. The first-order chi connectivity index (χ1) is 10.4. The molecule has 0 spiro atoms. The zero-order chi connectivity index (χ0) is 16.2. The van der Waals surface area contributed by atoms with E-state index < -0.39 is 5.60 Å². The van der Waals surface area contributed by atoms with Crippen LogP contribution in [0.5, 0.6) is 0 Å². The monoisotopic (exact) mass is 301 g/mol. The number of carbonyl (C=O) groups excluding carboxylic acids is 1. The van der Waals surface area contributed by atoms with Crippen molar-refractivity contribution in [3.05, 3.63) is 53.3 Å². The number of aromatic nitrogens is 2. The van der Waals surface area contributed by atoms with E-state index in [-0.39, 0.29) is 12.5 Å². The molecule has 1 unspecified atom stereocenters. The van der Waals surface area contributed by atoms with E-state index in [0.29, 0.717) is 12.0 Å². The molecule has 1 heterocycles. The highest BCUT2D eigenvalue weighted by Crippen LogP contribution is 2.18. The van der Waals surface area contributed by atoms with E-state index >= 15 is 0 Å². The summed E-state index contributed by atoms with van der Waals surface area (Å²) in [5.41, 5.74) is 1.78. The molecule has 5 nitrogen and oxygen atoms in total. The smallest absolute Gasteiger partial charge is 0.224 e. The SMILES string of the molecule is CCc1ccc(CC(=O)NCC(C)(O)c2cnn(C)c2)cc1. The molecule has 22 heavy (non-hydrogen) atoms. The lowest BCUT2D eigenvalue weighted by Crippen LogP contribution is -2.39. The fourth-order valence-corrected chi connectivity index (χ4v) is 2.21. The molecule has 2 aromatic rings. The molecular weight excluding hydrogens is 278 g/mol. The highest BCUT2D eigenvalue weighted by atomic mass is 16.3. The normalized spacial score (nSPS) is 13.6.